The standard InChI is InChI=1S/C20H18ClNO4S/c21-17-10-11-20(26-14-16-8-6-15(13-23)7-9-16)19(12-17)22-27(24,25)18-4-2-1-3-5-18/h1-12,22-23H,13-14H2. The highest BCUT2D eigenvalue weighted by atomic mass is 35.5. The maximum Gasteiger partial charge on any atom is 0.262 e. The zero-order chi connectivity index (χ0) is 19.3. The summed E-state index contributed by atoms with van der Waals surface area (Å²) in [6.07, 6.45) is 0. The van der Waals surface area contributed by atoms with Crippen LogP contribution in [0.3, 0.4) is 0 Å². The van der Waals surface area contributed by atoms with Gasteiger partial charge in [-0.25, -0.2) is 8.42 Å². The van der Waals surface area contributed by atoms with E-state index in [-0.39, 0.29) is 23.8 Å². The first-order chi connectivity index (χ1) is 13.0. The minimum Gasteiger partial charge on any atom is -0.487 e. The van der Waals surface area contributed by atoms with Gasteiger partial charge in [-0.05, 0) is 41.5 Å². The highest BCUT2D eigenvalue weighted by molar-refractivity contribution is 7.92. The lowest BCUT2D eigenvalue weighted by molar-refractivity contribution is 0.281. The Kier molecular flexibility index (Phi) is 6.01. The Bertz CT molecular complexity index is 1010. The van der Waals surface area contributed by atoms with Crippen molar-refractivity contribution in [2.75, 3.05) is 4.72 Å². The van der Waals surface area contributed by atoms with Gasteiger partial charge in [0.2, 0.25) is 0 Å². The largest absolute Gasteiger partial charge is 0.487 e. The summed E-state index contributed by atoms with van der Waals surface area (Å²) in [5.74, 6) is 0.366. The van der Waals surface area contributed by atoms with E-state index in [1.54, 1.807) is 42.5 Å². The van der Waals surface area contributed by atoms with Crippen molar-refractivity contribution in [3.05, 3.63) is 88.9 Å². The van der Waals surface area contributed by atoms with Gasteiger partial charge in [0.25, 0.3) is 10.0 Å². The van der Waals surface area contributed by atoms with Gasteiger partial charge in [-0.1, -0.05) is 54.1 Å². The van der Waals surface area contributed by atoms with Crippen molar-refractivity contribution >= 4 is 27.3 Å². The summed E-state index contributed by atoms with van der Waals surface area (Å²) in [6, 6.07) is 20.1. The number of halogens is 1. The smallest absolute Gasteiger partial charge is 0.262 e. The first kappa shape index (κ1) is 19.2. The van der Waals surface area contributed by atoms with Gasteiger partial charge < -0.3 is 9.84 Å². The van der Waals surface area contributed by atoms with E-state index in [0.717, 1.165) is 11.1 Å². The van der Waals surface area contributed by atoms with E-state index in [2.05, 4.69) is 4.72 Å². The lowest BCUT2D eigenvalue weighted by Crippen LogP contribution is -2.13. The average molecular weight is 404 g/mol. The van der Waals surface area contributed by atoms with E-state index in [4.69, 9.17) is 21.4 Å². The van der Waals surface area contributed by atoms with Crippen molar-refractivity contribution < 1.29 is 18.3 Å². The molecule has 0 spiro atoms. The molecule has 0 radical (unpaired) electrons. The van der Waals surface area contributed by atoms with E-state index < -0.39 is 10.0 Å². The molecule has 5 nitrogen and oxygen atoms in total. The van der Waals surface area contributed by atoms with Gasteiger partial charge in [-0.3, -0.25) is 4.72 Å². The van der Waals surface area contributed by atoms with Gasteiger partial charge in [-0.15, -0.1) is 0 Å². The highest BCUT2D eigenvalue weighted by Gasteiger charge is 2.16. The number of sulfonamides is 1. The van der Waals surface area contributed by atoms with E-state index in [1.165, 1.54) is 18.2 Å². The molecule has 140 valence electrons. The number of hydrogen-bond donors (Lipinski definition) is 2. The lowest BCUT2D eigenvalue weighted by atomic mass is 10.1. The number of aliphatic hydroxyl groups excluding tert-OH is 1. The van der Waals surface area contributed by atoms with Crippen LogP contribution in [0.25, 0.3) is 0 Å². The molecule has 3 aromatic rings. The number of rotatable bonds is 7. The van der Waals surface area contributed by atoms with Crippen LogP contribution < -0.4 is 9.46 Å². The molecule has 3 aromatic carbocycles. The number of hydrogen-bond acceptors (Lipinski definition) is 4. The molecular weight excluding hydrogens is 386 g/mol. The van der Waals surface area contributed by atoms with Crippen LogP contribution in [0.15, 0.2) is 77.7 Å². The third-order valence-corrected chi connectivity index (χ3v) is 5.46. The molecule has 27 heavy (non-hydrogen) atoms. The number of ether oxygens (including phenoxy) is 1. The first-order valence-corrected chi connectivity index (χ1v) is 10.0. The van der Waals surface area contributed by atoms with Crippen molar-refractivity contribution in [1.29, 1.82) is 0 Å². The van der Waals surface area contributed by atoms with Gasteiger partial charge in [0, 0.05) is 5.02 Å². The number of aliphatic hydroxyl groups is 1. The van der Waals surface area contributed by atoms with Crippen LogP contribution in [0.5, 0.6) is 5.75 Å². The summed E-state index contributed by atoms with van der Waals surface area (Å²) in [4.78, 5) is 0.149. The molecule has 0 fully saturated rings. The zero-order valence-electron chi connectivity index (χ0n) is 14.3. The Morgan fingerprint density at radius 1 is 0.926 bits per heavy atom. The van der Waals surface area contributed by atoms with E-state index in [0.29, 0.717) is 10.8 Å². The molecule has 0 unspecified atom stereocenters. The van der Waals surface area contributed by atoms with E-state index >= 15 is 0 Å². The van der Waals surface area contributed by atoms with Crippen LogP contribution in [0, 0.1) is 0 Å². The second kappa shape index (κ2) is 8.43. The molecule has 0 aliphatic rings. The molecule has 0 saturated heterocycles. The second-order valence-electron chi connectivity index (χ2n) is 5.82. The summed E-state index contributed by atoms with van der Waals surface area (Å²) in [6.45, 7) is 0.219. The molecule has 3 rings (SSSR count). The van der Waals surface area contributed by atoms with Crippen molar-refractivity contribution in [3.8, 4) is 5.75 Å². The third kappa shape index (κ3) is 5.01. The SMILES string of the molecule is O=S(=O)(Nc1cc(Cl)ccc1OCc1ccc(CO)cc1)c1ccccc1. The predicted octanol–water partition coefficient (Wildman–Crippen LogP) is 4.21. The fourth-order valence-electron chi connectivity index (χ4n) is 2.41. The van der Waals surface area contributed by atoms with E-state index in [1.807, 2.05) is 12.1 Å². The predicted molar refractivity (Wildman–Crippen MR) is 105 cm³/mol. The Balaban J connectivity index is 1.80. The Morgan fingerprint density at radius 2 is 1.59 bits per heavy atom. The highest BCUT2D eigenvalue weighted by Crippen LogP contribution is 2.30. The lowest BCUT2D eigenvalue weighted by Gasteiger charge is -2.14. The third-order valence-electron chi connectivity index (χ3n) is 3.84. The van der Waals surface area contributed by atoms with Gasteiger partial charge in [0.1, 0.15) is 12.4 Å². The Labute approximate surface area is 163 Å². The zero-order valence-corrected chi connectivity index (χ0v) is 15.9. The molecule has 0 aliphatic carbocycles. The van der Waals surface area contributed by atoms with Crippen LogP contribution in [0.2, 0.25) is 5.02 Å². The summed E-state index contributed by atoms with van der Waals surface area (Å²) >= 11 is 6.03. The topological polar surface area (TPSA) is 75.6 Å². The van der Waals surface area contributed by atoms with Gasteiger partial charge in [0.15, 0.2) is 0 Å². The monoisotopic (exact) mass is 403 g/mol. The summed E-state index contributed by atoms with van der Waals surface area (Å²) in [5, 5.41) is 9.48. The quantitative estimate of drug-likeness (QED) is 0.619. The molecule has 0 aromatic heterocycles. The summed E-state index contributed by atoms with van der Waals surface area (Å²) in [5.41, 5.74) is 1.96. The van der Waals surface area contributed by atoms with Crippen LogP contribution in [-0.4, -0.2) is 13.5 Å². The van der Waals surface area contributed by atoms with Crippen LogP contribution in [0.1, 0.15) is 11.1 Å². The minimum absolute atomic E-state index is 0.0241. The molecule has 7 heteroatoms. The molecule has 0 bridgehead atoms. The normalized spacial score (nSPS) is 11.2. The van der Waals surface area contributed by atoms with Crippen LogP contribution >= 0.6 is 11.6 Å². The fraction of sp³-hybridized carbons (Fsp3) is 0.100. The molecule has 0 amide bonds. The van der Waals surface area contributed by atoms with E-state index in [9.17, 15) is 8.42 Å². The minimum atomic E-state index is -3.76. The van der Waals surface area contributed by atoms with Crippen molar-refractivity contribution in [2.45, 2.75) is 18.1 Å². The molecule has 0 atom stereocenters. The van der Waals surface area contributed by atoms with Crippen molar-refractivity contribution in [1.82, 2.24) is 0 Å². The Hall–Kier alpha value is -2.54. The fourth-order valence-corrected chi connectivity index (χ4v) is 3.67. The van der Waals surface area contributed by atoms with Crippen LogP contribution in [-0.2, 0) is 23.2 Å². The van der Waals surface area contributed by atoms with Crippen molar-refractivity contribution in [2.24, 2.45) is 0 Å². The average Bonchev–Trinajstić information content (AvgIpc) is 2.68. The number of benzene rings is 3. The van der Waals surface area contributed by atoms with Gasteiger partial charge >= 0.3 is 0 Å². The van der Waals surface area contributed by atoms with Gasteiger partial charge in [-0.2, -0.15) is 0 Å². The second-order valence-corrected chi connectivity index (χ2v) is 7.94. The number of nitrogens with one attached hydrogen (secondary N) is 1. The maximum atomic E-state index is 12.6. The molecule has 0 aliphatic heterocycles. The summed E-state index contributed by atoms with van der Waals surface area (Å²) in [7, 11) is -3.76. The van der Waals surface area contributed by atoms with Crippen molar-refractivity contribution in [3.63, 3.8) is 0 Å². The maximum absolute atomic E-state index is 12.6. The molecule has 0 heterocycles. The molecule has 2 N–H and O–H groups in total. The van der Waals surface area contributed by atoms with Crippen LogP contribution in [0.4, 0.5) is 5.69 Å². The number of anilines is 1. The molecular formula is C20H18ClNO4S. The van der Waals surface area contributed by atoms with Gasteiger partial charge in [0.05, 0.1) is 17.2 Å². The molecule has 0 saturated carbocycles. The summed E-state index contributed by atoms with van der Waals surface area (Å²) < 4.78 is 33.5. The first-order valence-electron chi connectivity index (χ1n) is 8.17. The Morgan fingerprint density at radius 3 is 2.26 bits per heavy atom.